The number of nitrogens with zero attached hydrogens (tertiary/aromatic N) is 17. The average Bonchev–Trinajstić information content (AvgIpc) is 1.66. The molecule has 3 aromatic carbocycles. The van der Waals surface area contributed by atoms with Crippen molar-refractivity contribution in [2.24, 2.45) is 33.4 Å². The van der Waals surface area contributed by atoms with E-state index in [1.165, 1.54) is 64.5 Å². The molecule has 0 atom stereocenters. The summed E-state index contributed by atoms with van der Waals surface area (Å²) in [4.78, 5) is 78.8. The fourth-order valence-electron chi connectivity index (χ4n) is 16.8. The van der Waals surface area contributed by atoms with Gasteiger partial charge in [-0.2, -0.15) is 67.5 Å². The smallest absolute Gasteiger partial charge is 0.383 e. The molecule has 6 aromatic heterocycles. The summed E-state index contributed by atoms with van der Waals surface area (Å²) >= 11 is 0. The van der Waals surface area contributed by atoms with Crippen LogP contribution in [0.3, 0.4) is 0 Å². The van der Waals surface area contributed by atoms with Gasteiger partial charge in [0.2, 0.25) is 0 Å². The van der Waals surface area contributed by atoms with Gasteiger partial charge in [0.1, 0.15) is 57.3 Å². The number of benzene rings is 3. The molecular weight excluding hydrogens is 1480 g/mol. The lowest BCUT2D eigenvalue weighted by atomic mass is 9.65. The van der Waals surface area contributed by atoms with Crippen molar-refractivity contribution in [1.82, 2.24) is 73.4 Å². The van der Waals surface area contributed by atoms with E-state index < -0.39 is 46.8 Å². The summed E-state index contributed by atoms with van der Waals surface area (Å²) < 4.78 is 89.5. The van der Waals surface area contributed by atoms with Crippen molar-refractivity contribution in [3.63, 3.8) is 0 Å². The van der Waals surface area contributed by atoms with Crippen LogP contribution in [0.25, 0.3) is 33.8 Å². The third-order valence-electron chi connectivity index (χ3n) is 22.2. The normalized spacial score (nSPS) is 20.4. The van der Waals surface area contributed by atoms with Crippen molar-refractivity contribution in [3.05, 3.63) is 160 Å². The molecule has 35 heteroatoms. The number of hydrogen-bond donors (Lipinski definition) is 6. The molecule has 15 rings (SSSR count). The number of anilines is 3. The number of nitrogen functional groups attached to an aromatic ring is 3. The van der Waals surface area contributed by atoms with E-state index in [0.29, 0.717) is 86.6 Å². The summed E-state index contributed by atoms with van der Waals surface area (Å²) in [5, 5.41) is 45.4. The van der Waals surface area contributed by atoms with E-state index >= 15 is 0 Å². The summed E-state index contributed by atoms with van der Waals surface area (Å²) in [5.41, 5.74) is 37.8. The molecule has 3 spiro atoms. The first-order valence-corrected chi connectivity index (χ1v) is 36.3. The van der Waals surface area contributed by atoms with Gasteiger partial charge in [0.15, 0.2) is 0 Å². The number of primary amides is 3. The minimum absolute atomic E-state index is 0.0155. The van der Waals surface area contributed by atoms with E-state index in [0.717, 1.165) is 62.6 Å². The number of hydrogen-bond acceptors (Lipinski definition) is 17. The van der Waals surface area contributed by atoms with Crippen molar-refractivity contribution in [1.29, 1.82) is 10.5 Å². The third kappa shape index (κ3) is 15.5. The van der Waals surface area contributed by atoms with Crippen LogP contribution >= 0.6 is 0 Å². The van der Waals surface area contributed by atoms with Crippen molar-refractivity contribution in [3.8, 4) is 81.4 Å². The number of alkyl halides is 6. The predicted molar refractivity (Wildman–Crippen MR) is 401 cm³/mol. The molecule has 3 aliphatic heterocycles. The van der Waals surface area contributed by atoms with E-state index in [4.69, 9.17) is 39.5 Å². The number of carbonyl (C=O) groups excluding carboxylic acids is 6. The van der Waals surface area contributed by atoms with Gasteiger partial charge in [-0.1, -0.05) is 66.3 Å². The molecule has 114 heavy (non-hydrogen) atoms. The highest BCUT2D eigenvalue weighted by atomic mass is 19.4. The summed E-state index contributed by atoms with van der Waals surface area (Å²) in [5.74, 6) is 13.5. The molecule has 12 N–H and O–H groups in total. The first kappa shape index (κ1) is 78.5. The van der Waals surface area contributed by atoms with Gasteiger partial charge < -0.3 is 49.1 Å². The number of amides is 6. The Balaban J connectivity index is 0.000000149. The summed E-state index contributed by atoms with van der Waals surface area (Å²) in [6, 6.07) is 19.8. The van der Waals surface area contributed by atoms with Crippen molar-refractivity contribution in [2.75, 3.05) is 56.5 Å². The molecule has 9 aromatic rings. The highest BCUT2D eigenvalue weighted by Gasteiger charge is 2.54. The average molecular weight is 1560 g/mol. The van der Waals surface area contributed by atoms with Gasteiger partial charge in [-0.3, -0.25) is 42.8 Å². The zero-order valence-corrected chi connectivity index (χ0v) is 62.1. The quantitative estimate of drug-likeness (QED) is 0.0419. The van der Waals surface area contributed by atoms with Crippen LogP contribution in [0, 0.1) is 74.4 Å². The van der Waals surface area contributed by atoms with Gasteiger partial charge in [0.25, 0.3) is 35.4 Å². The molecule has 6 amide bonds. The second kappa shape index (κ2) is 30.9. The minimum Gasteiger partial charge on any atom is -0.383 e. The molecule has 9 heterocycles. The fraction of sp³-hybridized carbons (Fsp3) is 0.367. The number of rotatable bonds is 15. The molecule has 0 unspecified atom stereocenters. The Labute approximate surface area is 648 Å². The molecule has 3 saturated carbocycles. The van der Waals surface area contributed by atoms with Crippen LogP contribution in [0.4, 0.5) is 43.8 Å². The highest BCUT2D eigenvalue weighted by Crippen LogP contribution is 2.58. The maximum atomic E-state index is 13.4. The van der Waals surface area contributed by atoms with Gasteiger partial charge in [0, 0.05) is 74.5 Å². The van der Waals surface area contributed by atoms with Gasteiger partial charge in [-0.25, -0.2) is 14.0 Å². The maximum Gasteiger partial charge on any atom is 0.417 e. The second-order valence-corrected chi connectivity index (χ2v) is 29.6. The van der Waals surface area contributed by atoms with E-state index in [1.54, 1.807) is 78.7 Å². The van der Waals surface area contributed by atoms with E-state index in [1.807, 2.05) is 18.2 Å². The number of halogens is 6. The van der Waals surface area contributed by atoms with Gasteiger partial charge >= 0.3 is 12.4 Å². The zero-order valence-electron chi connectivity index (χ0n) is 62.1. The first-order valence-electron chi connectivity index (χ1n) is 36.3. The zero-order chi connectivity index (χ0) is 81.5. The largest absolute Gasteiger partial charge is 0.417 e. The standard InChI is InChI=1S/C27H25F3N8O2.C26H26F3N7O2.C26H26N8O2/c1-2-4-21(39)36-8-7-26(15-36)9-18(10-26)38-24(32)22(25(33)40)23(35-38)17-12-34-37(14-17)13-16-5-3-6-20(19(16)11-31)27(28,29)30;1-2-5-20(37)34-9-8-25(15-34)10-18(11-25)36-23(30)21(24(31)38)22(33-36)17-12-32-35(14-17)13-16-6-3-4-7-19(16)26(27,28)29;1-2-5-21(35)32-9-8-26(16-32)10-20(11-26)34-24(28)22(25(29)36)23(31-34)19-13-30-33(15-19)14-18-7-4-3-6-17(18)12-27/h3,5-6,12,14,18H,7-10,13,15,32H2,1H3,(H2,33,40);3-4,6-7,12,14,18H,8-11,13,15,30H2,1H3,(H2,31,38);3-4,6-7,13,15,20H,8-11,14,16,28H2,1H3,(H2,29,36). The molecule has 6 fully saturated rings. The van der Waals surface area contributed by atoms with E-state index in [9.17, 15) is 65.6 Å². The molecule has 3 aliphatic carbocycles. The maximum absolute atomic E-state index is 13.4. The van der Waals surface area contributed by atoms with Crippen LogP contribution in [0.15, 0.2) is 104 Å². The Bertz CT molecular complexity index is 5630. The predicted octanol–water partition coefficient (Wildman–Crippen LogP) is 7.94. The first-order chi connectivity index (χ1) is 54.3. The van der Waals surface area contributed by atoms with Crippen LogP contribution in [-0.2, 0) is 46.4 Å². The second-order valence-electron chi connectivity index (χ2n) is 29.6. The molecule has 0 bridgehead atoms. The lowest BCUT2D eigenvalue weighted by Crippen LogP contribution is -2.42. The molecule has 29 nitrogen and oxygen atoms in total. The number of nitrogens with two attached hydrogens (primary N) is 6. The van der Waals surface area contributed by atoms with E-state index in [2.05, 4.69) is 67.1 Å². The Kier molecular flexibility index (Phi) is 21.3. The van der Waals surface area contributed by atoms with Gasteiger partial charge in [-0.15, -0.1) is 0 Å². The monoisotopic (exact) mass is 1560 g/mol. The van der Waals surface area contributed by atoms with Crippen molar-refractivity contribution >= 4 is 52.9 Å². The highest BCUT2D eigenvalue weighted by molar-refractivity contribution is 6.05. The van der Waals surface area contributed by atoms with Crippen LogP contribution in [0.2, 0.25) is 0 Å². The lowest BCUT2D eigenvalue weighted by molar-refractivity contribution is -0.138. The Morgan fingerprint density at radius 1 is 0.456 bits per heavy atom. The third-order valence-corrected chi connectivity index (χ3v) is 22.2. The number of aromatic nitrogens is 12. The Morgan fingerprint density at radius 2 is 0.781 bits per heavy atom. The molecular formula is C79H77F6N23O6. The van der Waals surface area contributed by atoms with E-state index in [-0.39, 0.29) is 122 Å². The molecule has 0 radical (unpaired) electrons. The van der Waals surface area contributed by atoms with Crippen molar-refractivity contribution in [2.45, 2.75) is 129 Å². The summed E-state index contributed by atoms with van der Waals surface area (Å²) in [6.45, 7) is 8.92. The van der Waals surface area contributed by atoms with Gasteiger partial charge in [0.05, 0.1) is 84.7 Å². The summed E-state index contributed by atoms with van der Waals surface area (Å²) in [6.07, 6.45) is 7.19. The SMILES string of the molecule is CC#CC(=O)N1CCC2(CC(n3nc(-c4cnn(Cc5cccc(C(F)(F)F)c5C#N)c4)c(C(N)=O)c3N)C2)C1.CC#CC(=O)N1CCC2(CC(n3nc(-c4cnn(Cc5ccccc5C#N)c4)c(C(N)=O)c3N)C2)C1.CC#CC(=O)N1CCC2(CC(n3nc(-c4cnn(Cc5ccccc5C(F)(F)F)c4)c(C(N)=O)c3N)C2)C1. The number of likely N-dealkylation sites (tertiary alicyclic amines) is 3. The molecule has 586 valence electrons. The molecule has 6 aliphatic rings. The van der Waals surface area contributed by atoms with Crippen LogP contribution < -0.4 is 34.4 Å². The number of nitriles is 2. The minimum atomic E-state index is -4.67. The molecule has 3 saturated heterocycles. The van der Waals surface area contributed by atoms with Crippen LogP contribution in [0.5, 0.6) is 0 Å². The summed E-state index contributed by atoms with van der Waals surface area (Å²) in [7, 11) is 0. The Hall–Kier alpha value is -13.6. The van der Waals surface area contributed by atoms with Gasteiger partial charge in [-0.05, 0) is 147 Å². The topological polar surface area (TPSA) is 423 Å². The number of carbonyl (C=O) groups is 6. The van der Waals surface area contributed by atoms with Crippen LogP contribution in [0.1, 0.15) is 167 Å². The fourth-order valence-corrected chi connectivity index (χ4v) is 16.8. The van der Waals surface area contributed by atoms with Crippen LogP contribution in [-0.4, -0.2) is 148 Å². The lowest BCUT2D eigenvalue weighted by Gasteiger charge is -2.45. The Morgan fingerprint density at radius 3 is 1.12 bits per heavy atom. The van der Waals surface area contributed by atoms with Crippen molar-refractivity contribution < 1.29 is 55.1 Å².